The van der Waals surface area contributed by atoms with Crippen molar-refractivity contribution in [2.75, 3.05) is 32.6 Å². The van der Waals surface area contributed by atoms with Crippen LogP contribution in [0.2, 0.25) is 0 Å². The number of benzene rings is 1. The molecule has 1 aromatic rings. The highest BCUT2D eigenvalue weighted by Gasteiger charge is 2.09. The van der Waals surface area contributed by atoms with Crippen molar-refractivity contribution in [3.05, 3.63) is 24.3 Å². The van der Waals surface area contributed by atoms with E-state index in [1.807, 2.05) is 31.3 Å². The molecule has 0 bridgehead atoms. The second kappa shape index (κ2) is 7.24. The summed E-state index contributed by atoms with van der Waals surface area (Å²) in [5, 5.41) is 13.0. The molecule has 0 saturated carbocycles. The first-order valence-electron chi connectivity index (χ1n) is 6.28. The van der Waals surface area contributed by atoms with Gasteiger partial charge in [-0.2, -0.15) is 0 Å². The van der Waals surface area contributed by atoms with Gasteiger partial charge in [0.15, 0.2) is 0 Å². The molecule has 1 unspecified atom stereocenters. The SMILES string of the molecule is COc1ccc(NC(O)CN(C)CC(C)C)cc1. The van der Waals surface area contributed by atoms with Gasteiger partial charge in [-0.05, 0) is 37.2 Å². The fourth-order valence-electron chi connectivity index (χ4n) is 1.92. The molecule has 0 aliphatic carbocycles. The van der Waals surface area contributed by atoms with Gasteiger partial charge in [0.05, 0.1) is 7.11 Å². The van der Waals surface area contributed by atoms with Gasteiger partial charge in [-0.3, -0.25) is 0 Å². The molecule has 0 radical (unpaired) electrons. The highest BCUT2D eigenvalue weighted by Crippen LogP contribution is 2.15. The van der Waals surface area contributed by atoms with Crippen molar-refractivity contribution in [2.45, 2.75) is 20.1 Å². The molecule has 0 amide bonds. The molecule has 4 heteroatoms. The number of methoxy groups -OCH3 is 1. The largest absolute Gasteiger partial charge is 0.497 e. The molecule has 0 heterocycles. The Balaban J connectivity index is 2.41. The lowest BCUT2D eigenvalue weighted by Gasteiger charge is -2.23. The van der Waals surface area contributed by atoms with Crippen molar-refractivity contribution in [1.82, 2.24) is 4.90 Å². The van der Waals surface area contributed by atoms with Gasteiger partial charge in [0.25, 0.3) is 0 Å². The molecule has 2 N–H and O–H groups in total. The number of anilines is 1. The van der Waals surface area contributed by atoms with Gasteiger partial charge in [-0.1, -0.05) is 13.8 Å². The number of hydrogen-bond donors (Lipinski definition) is 2. The fourth-order valence-corrected chi connectivity index (χ4v) is 1.92. The van der Waals surface area contributed by atoms with Gasteiger partial charge in [-0.15, -0.1) is 0 Å². The van der Waals surface area contributed by atoms with Crippen LogP contribution in [0.1, 0.15) is 13.8 Å². The van der Waals surface area contributed by atoms with Crippen molar-refractivity contribution in [1.29, 1.82) is 0 Å². The summed E-state index contributed by atoms with van der Waals surface area (Å²) < 4.78 is 5.08. The third-order valence-electron chi connectivity index (χ3n) is 2.58. The standard InChI is InChI=1S/C14H24N2O2/c1-11(2)9-16(3)10-14(17)15-12-5-7-13(18-4)8-6-12/h5-8,11,14-15,17H,9-10H2,1-4H3. The lowest BCUT2D eigenvalue weighted by molar-refractivity contribution is 0.142. The molecular weight excluding hydrogens is 228 g/mol. The van der Waals surface area contributed by atoms with E-state index in [1.54, 1.807) is 7.11 Å². The van der Waals surface area contributed by atoms with E-state index >= 15 is 0 Å². The van der Waals surface area contributed by atoms with E-state index in [0.29, 0.717) is 12.5 Å². The summed E-state index contributed by atoms with van der Waals surface area (Å²) in [6.45, 7) is 5.91. The van der Waals surface area contributed by atoms with Crippen molar-refractivity contribution in [2.24, 2.45) is 5.92 Å². The Kier molecular flexibility index (Phi) is 5.95. The highest BCUT2D eigenvalue weighted by molar-refractivity contribution is 5.46. The van der Waals surface area contributed by atoms with Crippen molar-refractivity contribution in [3.8, 4) is 5.75 Å². The van der Waals surface area contributed by atoms with Crippen LogP contribution < -0.4 is 10.1 Å². The number of likely N-dealkylation sites (N-methyl/N-ethyl adjacent to an activating group) is 1. The number of aliphatic hydroxyl groups is 1. The zero-order valence-corrected chi connectivity index (χ0v) is 11.7. The Morgan fingerprint density at radius 3 is 2.33 bits per heavy atom. The summed E-state index contributed by atoms with van der Waals surface area (Å²) in [6, 6.07) is 7.52. The van der Waals surface area contributed by atoms with Gasteiger partial charge in [0, 0.05) is 18.8 Å². The molecule has 1 aromatic carbocycles. The lowest BCUT2D eigenvalue weighted by Crippen LogP contribution is -2.36. The summed E-state index contributed by atoms with van der Waals surface area (Å²) in [6.07, 6.45) is -0.567. The number of hydrogen-bond acceptors (Lipinski definition) is 4. The average Bonchev–Trinajstić information content (AvgIpc) is 2.28. The molecule has 0 aliphatic rings. The summed E-state index contributed by atoms with van der Waals surface area (Å²) in [4.78, 5) is 2.12. The summed E-state index contributed by atoms with van der Waals surface area (Å²) >= 11 is 0. The molecule has 0 aliphatic heterocycles. The van der Waals surface area contributed by atoms with E-state index in [0.717, 1.165) is 18.0 Å². The third-order valence-corrected chi connectivity index (χ3v) is 2.58. The second-order valence-corrected chi connectivity index (χ2v) is 5.00. The maximum atomic E-state index is 9.93. The number of aliphatic hydroxyl groups excluding tert-OH is 1. The predicted molar refractivity (Wildman–Crippen MR) is 75.0 cm³/mol. The van der Waals surface area contributed by atoms with E-state index in [-0.39, 0.29) is 0 Å². The molecular formula is C14H24N2O2. The molecule has 4 nitrogen and oxygen atoms in total. The first kappa shape index (κ1) is 14.8. The second-order valence-electron chi connectivity index (χ2n) is 5.00. The Hall–Kier alpha value is -1.26. The van der Waals surface area contributed by atoms with E-state index in [4.69, 9.17) is 4.74 Å². The van der Waals surface area contributed by atoms with Crippen LogP contribution in [-0.2, 0) is 0 Å². The molecule has 102 valence electrons. The summed E-state index contributed by atoms with van der Waals surface area (Å²) in [5.41, 5.74) is 0.890. The normalized spacial score (nSPS) is 12.8. The van der Waals surface area contributed by atoms with E-state index in [1.165, 1.54) is 0 Å². The van der Waals surface area contributed by atoms with Crippen LogP contribution in [0.5, 0.6) is 5.75 Å². The maximum Gasteiger partial charge on any atom is 0.137 e. The minimum absolute atomic E-state index is 0.567. The molecule has 0 saturated heterocycles. The van der Waals surface area contributed by atoms with Crippen LogP contribution in [-0.4, -0.2) is 43.5 Å². The minimum atomic E-state index is -0.567. The fraction of sp³-hybridized carbons (Fsp3) is 0.571. The number of nitrogens with zero attached hydrogens (tertiary/aromatic N) is 1. The number of nitrogens with one attached hydrogen (secondary N) is 1. The highest BCUT2D eigenvalue weighted by atomic mass is 16.5. The molecule has 1 rings (SSSR count). The molecule has 0 fully saturated rings. The first-order valence-corrected chi connectivity index (χ1v) is 6.28. The van der Waals surface area contributed by atoms with Crippen LogP contribution in [0.25, 0.3) is 0 Å². The monoisotopic (exact) mass is 252 g/mol. The molecule has 1 atom stereocenters. The van der Waals surface area contributed by atoms with Crippen molar-refractivity contribution < 1.29 is 9.84 Å². The number of rotatable bonds is 7. The van der Waals surface area contributed by atoms with Gasteiger partial charge >= 0.3 is 0 Å². The van der Waals surface area contributed by atoms with Crippen LogP contribution in [0.4, 0.5) is 5.69 Å². The Bertz CT molecular complexity index is 338. The van der Waals surface area contributed by atoms with Gasteiger partial charge in [0.1, 0.15) is 12.0 Å². The molecule has 0 spiro atoms. The van der Waals surface area contributed by atoms with Crippen LogP contribution >= 0.6 is 0 Å². The Labute approximate surface area is 110 Å². The van der Waals surface area contributed by atoms with Crippen molar-refractivity contribution >= 4 is 5.69 Å². The van der Waals surface area contributed by atoms with Gasteiger partial charge in [0.2, 0.25) is 0 Å². The average molecular weight is 252 g/mol. The first-order chi connectivity index (χ1) is 8.51. The maximum absolute atomic E-state index is 9.93. The van der Waals surface area contributed by atoms with Crippen LogP contribution in [0, 0.1) is 5.92 Å². The summed E-state index contributed by atoms with van der Waals surface area (Å²) in [5.74, 6) is 1.41. The zero-order valence-electron chi connectivity index (χ0n) is 11.7. The van der Waals surface area contributed by atoms with Crippen molar-refractivity contribution in [3.63, 3.8) is 0 Å². The Morgan fingerprint density at radius 2 is 1.83 bits per heavy atom. The lowest BCUT2D eigenvalue weighted by atomic mass is 10.2. The number of ether oxygens (including phenoxy) is 1. The predicted octanol–water partition coefficient (Wildman–Crippen LogP) is 2.01. The molecule has 0 aromatic heterocycles. The Morgan fingerprint density at radius 1 is 1.22 bits per heavy atom. The quantitative estimate of drug-likeness (QED) is 0.729. The zero-order chi connectivity index (χ0) is 13.5. The topological polar surface area (TPSA) is 44.7 Å². The van der Waals surface area contributed by atoms with E-state index in [9.17, 15) is 5.11 Å². The third kappa shape index (κ3) is 5.38. The van der Waals surface area contributed by atoms with E-state index < -0.39 is 6.23 Å². The van der Waals surface area contributed by atoms with E-state index in [2.05, 4.69) is 24.1 Å². The van der Waals surface area contributed by atoms with Crippen LogP contribution in [0.15, 0.2) is 24.3 Å². The minimum Gasteiger partial charge on any atom is -0.497 e. The smallest absolute Gasteiger partial charge is 0.137 e. The van der Waals surface area contributed by atoms with Crippen LogP contribution in [0.3, 0.4) is 0 Å². The van der Waals surface area contributed by atoms with Gasteiger partial charge in [-0.25, -0.2) is 0 Å². The molecule has 18 heavy (non-hydrogen) atoms. The summed E-state index contributed by atoms with van der Waals surface area (Å²) in [7, 11) is 3.65. The van der Waals surface area contributed by atoms with Gasteiger partial charge < -0.3 is 20.1 Å².